The van der Waals surface area contributed by atoms with Gasteiger partial charge < -0.3 is 0 Å². The van der Waals surface area contributed by atoms with Gasteiger partial charge in [0, 0.05) is 9.79 Å². The summed E-state index contributed by atoms with van der Waals surface area (Å²) >= 11 is 1.55. The fourth-order valence-corrected chi connectivity index (χ4v) is 3.88. The largest absolute Gasteiger partial charge is 0.282 e. The van der Waals surface area contributed by atoms with Gasteiger partial charge in [-0.2, -0.15) is 0 Å². The average molecular weight is 307 g/mol. The quantitative estimate of drug-likeness (QED) is 0.877. The van der Waals surface area contributed by atoms with Crippen LogP contribution in [0.1, 0.15) is 13.3 Å². The highest BCUT2D eigenvalue weighted by Crippen LogP contribution is 2.33. The van der Waals surface area contributed by atoms with Crippen molar-refractivity contribution in [2.24, 2.45) is 0 Å². The molecule has 2 rings (SSSR count). The van der Waals surface area contributed by atoms with E-state index in [4.69, 9.17) is 0 Å². The number of benzene rings is 2. The summed E-state index contributed by atoms with van der Waals surface area (Å²) in [7, 11) is -3.26. The van der Waals surface area contributed by atoms with Crippen LogP contribution in [0.15, 0.2) is 64.4 Å². The molecule has 2 aromatic rings. The lowest BCUT2D eigenvalue weighted by atomic mass is 10.3. The SMILES string of the molecule is CCCS(=O)(=O)Nc1ccccc1Sc1ccccc1. The van der Waals surface area contributed by atoms with Gasteiger partial charge in [0.2, 0.25) is 10.0 Å². The predicted octanol–water partition coefficient (Wildman–Crippen LogP) is 3.99. The fourth-order valence-electron chi connectivity index (χ4n) is 1.74. The molecule has 0 heterocycles. The van der Waals surface area contributed by atoms with E-state index < -0.39 is 10.0 Å². The van der Waals surface area contributed by atoms with Crippen molar-refractivity contribution in [3.8, 4) is 0 Å². The normalized spacial score (nSPS) is 11.2. The van der Waals surface area contributed by atoms with E-state index in [1.165, 1.54) is 0 Å². The Morgan fingerprint density at radius 2 is 1.65 bits per heavy atom. The second-order valence-corrected chi connectivity index (χ2v) is 7.29. The zero-order valence-corrected chi connectivity index (χ0v) is 12.9. The maximum absolute atomic E-state index is 11.9. The van der Waals surface area contributed by atoms with Gasteiger partial charge in [-0.3, -0.25) is 4.72 Å². The van der Waals surface area contributed by atoms with Crippen molar-refractivity contribution in [3.05, 3.63) is 54.6 Å². The first-order valence-corrected chi connectivity index (χ1v) is 8.90. The summed E-state index contributed by atoms with van der Waals surface area (Å²) in [6.45, 7) is 1.85. The minimum atomic E-state index is -3.26. The van der Waals surface area contributed by atoms with Crippen LogP contribution in [0.5, 0.6) is 0 Å². The number of anilines is 1. The number of rotatable bonds is 6. The molecule has 106 valence electrons. The monoisotopic (exact) mass is 307 g/mol. The van der Waals surface area contributed by atoms with E-state index in [-0.39, 0.29) is 5.75 Å². The maximum atomic E-state index is 11.9. The highest BCUT2D eigenvalue weighted by Gasteiger charge is 2.12. The van der Waals surface area contributed by atoms with E-state index in [2.05, 4.69) is 4.72 Å². The van der Waals surface area contributed by atoms with E-state index in [1.54, 1.807) is 17.8 Å². The second-order valence-electron chi connectivity index (χ2n) is 4.33. The minimum Gasteiger partial charge on any atom is -0.282 e. The van der Waals surface area contributed by atoms with Gasteiger partial charge in [-0.25, -0.2) is 8.42 Å². The minimum absolute atomic E-state index is 0.136. The molecule has 5 heteroatoms. The van der Waals surface area contributed by atoms with Gasteiger partial charge in [0.25, 0.3) is 0 Å². The molecule has 0 aromatic heterocycles. The smallest absolute Gasteiger partial charge is 0.232 e. The van der Waals surface area contributed by atoms with Gasteiger partial charge in [0.15, 0.2) is 0 Å². The van der Waals surface area contributed by atoms with E-state index in [9.17, 15) is 8.42 Å². The second kappa shape index (κ2) is 6.81. The third-order valence-corrected chi connectivity index (χ3v) is 5.16. The Hall–Kier alpha value is -1.46. The van der Waals surface area contributed by atoms with Gasteiger partial charge in [-0.05, 0) is 30.7 Å². The third kappa shape index (κ3) is 4.28. The van der Waals surface area contributed by atoms with Crippen LogP contribution in [0.4, 0.5) is 5.69 Å². The number of hydrogen-bond acceptors (Lipinski definition) is 3. The molecule has 0 radical (unpaired) electrons. The third-order valence-electron chi connectivity index (χ3n) is 2.60. The molecule has 0 saturated heterocycles. The summed E-state index contributed by atoms with van der Waals surface area (Å²) in [5.74, 6) is 0.136. The first kappa shape index (κ1) is 14.9. The number of sulfonamides is 1. The molecule has 0 aliphatic heterocycles. The van der Waals surface area contributed by atoms with E-state index in [0.29, 0.717) is 12.1 Å². The average Bonchev–Trinajstić information content (AvgIpc) is 2.42. The lowest BCUT2D eigenvalue weighted by Crippen LogP contribution is -2.16. The van der Waals surface area contributed by atoms with E-state index in [0.717, 1.165) is 9.79 Å². The Kier molecular flexibility index (Phi) is 5.09. The van der Waals surface area contributed by atoms with Crippen LogP contribution in [-0.2, 0) is 10.0 Å². The zero-order chi connectivity index (χ0) is 14.4. The molecule has 20 heavy (non-hydrogen) atoms. The van der Waals surface area contributed by atoms with Crippen molar-refractivity contribution in [1.29, 1.82) is 0 Å². The van der Waals surface area contributed by atoms with Crippen LogP contribution in [-0.4, -0.2) is 14.2 Å². The summed E-state index contributed by atoms with van der Waals surface area (Å²) < 4.78 is 26.4. The molecule has 3 nitrogen and oxygen atoms in total. The summed E-state index contributed by atoms with van der Waals surface area (Å²) in [6.07, 6.45) is 0.601. The van der Waals surface area contributed by atoms with Crippen LogP contribution >= 0.6 is 11.8 Å². The number of nitrogens with one attached hydrogen (secondary N) is 1. The topological polar surface area (TPSA) is 46.2 Å². The molecule has 0 amide bonds. The van der Waals surface area contributed by atoms with Crippen molar-refractivity contribution in [2.45, 2.75) is 23.1 Å². The van der Waals surface area contributed by atoms with Gasteiger partial charge in [0.05, 0.1) is 11.4 Å². The Morgan fingerprint density at radius 3 is 2.35 bits per heavy atom. The van der Waals surface area contributed by atoms with Crippen LogP contribution in [0.25, 0.3) is 0 Å². The summed E-state index contributed by atoms with van der Waals surface area (Å²) in [4.78, 5) is 1.98. The first-order chi connectivity index (χ1) is 9.61. The molecule has 0 aliphatic carbocycles. The highest BCUT2D eigenvalue weighted by atomic mass is 32.2. The predicted molar refractivity (Wildman–Crippen MR) is 84.7 cm³/mol. The van der Waals surface area contributed by atoms with Crippen LogP contribution < -0.4 is 4.72 Å². The molecule has 0 bridgehead atoms. The summed E-state index contributed by atoms with van der Waals surface area (Å²) in [5.41, 5.74) is 0.634. The molecule has 0 saturated carbocycles. The molecule has 0 spiro atoms. The van der Waals surface area contributed by atoms with Crippen molar-refractivity contribution in [2.75, 3.05) is 10.5 Å². The molecule has 0 atom stereocenters. The van der Waals surface area contributed by atoms with Crippen molar-refractivity contribution in [1.82, 2.24) is 0 Å². The first-order valence-electron chi connectivity index (χ1n) is 6.43. The van der Waals surface area contributed by atoms with Crippen molar-refractivity contribution in [3.63, 3.8) is 0 Å². The summed E-state index contributed by atoms with van der Waals surface area (Å²) in [6, 6.07) is 17.3. The van der Waals surface area contributed by atoms with Gasteiger partial charge in [-0.15, -0.1) is 0 Å². The molecule has 0 fully saturated rings. The van der Waals surface area contributed by atoms with Crippen LogP contribution in [0.2, 0.25) is 0 Å². The van der Waals surface area contributed by atoms with E-state index in [1.807, 2.05) is 55.5 Å². The zero-order valence-electron chi connectivity index (χ0n) is 11.2. The fraction of sp³-hybridized carbons (Fsp3) is 0.200. The van der Waals surface area contributed by atoms with Crippen molar-refractivity contribution < 1.29 is 8.42 Å². The lowest BCUT2D eigenvalue weighted by molar-refractivity contribution is 0.600. The van der Waals surface area contributed by atoms with Crippen LogP contribution in [0.3, 0.4) is 0 Å². The Labute approximate surface area is 124 Å². The van der Waals surface area contributed by atoms with Gasteiger partial charge >= 0.3 is 0 Å². The Morgan fingerprint density at radius 1 is 1.00 bits per heavy atom. The summed E-state index contributed by atoms with van der Waals surface area (Å²) in [5, 5.41) is 0. The van der Waals surface area contributed by atoms with E-state index >= 15 is 0 Å². The molecule has 0 unspecified atom stereocenters. The Balaban J connectivity index is 2.23. The molecule has 1 N–H and O–H groups in total. The van der Waals surface area contributed by atoms with Gasteiger partial charge in [-0.1, -0.05) is 49.0 Å². The standard InChI is InChI=1S/C15H17NO2S2/c1-2-12-20(17,18)16-14-10-6-7-11-15(14)19-13-8-4-3-5-9-13/h3-11,16H,2,12H2,1H3. The molecule has 2 aromatic carbocycles. The van der Waals surface area contributed by atoms with Gasteiger partial charge in [0.1, 0.15) is 0 Å². The maximum Gasteiger partial charge on any atom is 0.232 e. The Bertz CT molecular complexity index is 655. The molecule has 0 aliphatic rings. The molecular formula is C15H17NO2S2. The van der Waals surface area contributed by atoms with Crippen LogP contribution in [0, 0.1) is 0 Å². The molecular weight excluding hydrogens is 290 g/mol. The number of para-hydroxylation sites is 1. The lowest BCUT2D eigenvalue weighted by Gasteiger charge is -2.11. The number of hydrogen-bond donors (Lipinski definition) is 1. The van der Waals surface area contributed by atoms with Crippen molar-refractivity contribution >= 4 is 27.5 Å². The highest BCUT2D eigenvalue weighted by molar-refractivity contribution is 7.99.